The first kappa shape index (κ1) is 14.3. The summed E-state index contributed by atoms with van der Waals surface area (Å²) in [4.78, 5) is 13.0. The van der Waals surface area contributed by atoms with Gasteiger partial charge in [-0.1, -0.05) is 60.7 Å². The smallest absolute Gasteiger partial charge is 0.201 e. The molecule has 0 saturated heterocycles. The average molecular weight is 292 g/mol. The fourth-order valence-corrected chi connectivity index (χ4v) is 2.65. The first-order valence-corrected chi connectivity index (χ1v) is 7.10. The number of aliphatic hydroxyl groups is 1. The standard InChI is InChI=1S/C19H16O3/c1-13-17(14-8-4-2-5-9-14)19(21)18(16(12-20)22-13)15-10-6-3-7-11-15/h2-11,20H,12H2,1H3. The van der Waals surface area contributed by atoms with Crippen LogP contribution >= 0.6 is 0 Å². The third-order valence-corrected chi connectivity index (χ3v) is 3.63. The Balaban J connectivity index is 2.33. The van der Waals surface area contributed by atoms with Crippen molar-refractivity contribution >= 4 is 0 Å². The topological polar surface area (TPSA) is 50.4 Å². The van der Waals surface area contributed by atoms with Gasteiger partial charge in [0.2, 0.25) is 5.43 Å². The van der Waals surface area contributed by atoms with E-state index in [1.54, 1.807) is 6.92 Å². The number of hydrogen-bond donors (Lipinski definition) is 1. The van der Waals surface area contributed by atoms with Gasteiger partial charge in [0.05, 0.1) is 11.1 Å². The lowest BCUT2D eigenvalue weighted by atomic mass is 9.97. The lowest BCUT2D eigenvalue weighted by Crippen LogP contribution is -2.13. The molecule has 2 aromatic carbocycles. The van der Waals surface area contributed by atoms with E-state index in [1.165, 1.54) is 0 Å². The molecule has 0 aliphatic carbocycles. The molecule has 0 radical (unpaired) electrons. The van der Waals surface area contributed by atoms with E-state index in [2.05, 4.69) is 0 Å². The van der Waals surface area contributed by atoms with E-state index >= 15 is 0 Å². The lowest BCUT2D eigenvalue weighted by Gasteiger charge is -2.12. The maximum absolute atomic E-state index is 13.0. The van der Waals surface area contributed by atoms with E-state index in [1.807, 2.05) is 60.7 Å². The lowest BCUT2D eigenvalue weighted by molar-refractivity contribution is 0.242. The molecule has 0 aliphatic rings. The SMILES string of the molecule is Cc1oc(CO)c(-c2ccccc2)c(=O)c1-c1ccccc1. The van der Waals surface area contributed by atoms with Crippen LogP contribution in [0.3, 0.4) is 0 Å². The second-order valence-corrected chi connectivity index (χ2v) is 5.05. The molecule has 3 nitrogen and oxygen atoms in total. The first-order chi connectivity index (χ1) is 10.7. The van der Waals surface area contributed by atoms with Crippen molar-refractivity contribution in [1.29, 1.82) is 0 Å². The Morgan fingerprint density at radius 3 is 1.86 bits per heavy atom. The molecule has 0 unspecified atom stereocenters. The molecule has 0 saturated carbocycles. The molecule has 110 valence electrons. The molecule has 0 atom stereocenters. The molecule has 3 rings (SSSR count). The van der Waals surface area contributed by atoms with Crippen LogP contribution in [-0.2, 0) is 6.61 Å². The van der Waals surface area contributed by atoms with Gasteiger partial charge in [0, 0.05) is 0 Å². The minimum atomic E-state index is -0.310. The van der Waals surface area contributed by atoms with Crippen LogP contribution in [0.4, 0.5) is 0 Å². The van der Waals surface area contributed by atoms with Gasteiger partial charge in [-0.05, 0) is 18.1 Å². The van der Waals surface area contributed by atoms with Crippen LogP contribution in [0.25, 0.3) is 22.3 Å². The zero-order chi connectivity index (χ0) is 15.5. The minimum Gasteiger partial charge on any atom is -0.462 e. The molecule has 3 heteroatoms. The number of benzene rings is 2. The van der Waals surface area contributed by atoms with Crippen molar-refractivity contribution < 1.29 is 9.52 Å². The highest BCUT2D eigenvalue weighted by Crippen LogP contribution is 2.27. The molecule has 1 N–H and O–H groups in total. The quantitative estimate of drug-likeness (QED) is 0.799. The normalized spacial score (nSPS) is 10.6. The number of rotatable bonds is 3. The summed E-state index contributed by atoms with van der Waals surface area (Å²) in [5.74, 6) is 0.813. The Labute approximate surface area is 128 Å². The predicted octanol–water partition coefficient (Wildman–Crippen LogP) is 3.77. The van der Waals surface area contributed by atoms with Crippen LogP contribution in [0.5, 0.6) is 0 Å². The number of hydrogen-bond acceptors (Lipinski definition) is 3. The van der Waals surface area contributed by atoms with Gasteiger partial charge in [0.1, 0.15) is 18.1 Å². The van der Waals surface area contributed by atoms with E-state index in [0.29, 0.717) is 22.6 Å². The maximum atomic E-state index is 13.0. The first-order valence-electron chi connectivity index (χ1n) is 7.10. The molecular formula is C19H16O3. The van der Waals surface area contributed by atoms with Crippen molar-refractivity contribution in [1.82, 2.24) is 0 Å². The molecular weight excluding hydrogens is 276 g/mol. The fraction of sp³-hybridized carbons (Fsp3) is 0.105. The summed E-state index contributed by atoms with van der Waals surface area (Å²) in [7, 11) is 0. The average Bonchev–Trinajstić information content (AvgIpc) is 2.56. The van der Waals surface area contributed by atoms with Gasteiger partial charge in [-0.3, -0.25) is 4.79 Å². The summed E-state index contributed by atoms with van der Waals surface area (Å²) >= 11 is 0. The van der Waals surface area contributed by atoms with Gasteiger partial charge in [-0.25, -0.2) is 0 Å². The highest BCUT2D eigenvalue weighted by molar-refractivity contribution is 5.74. The zero-order valence-electron chi connectivity index (χ0n) is 12.2. The molecule has 22 heavy (non-hydrogen) atoms. The van der Waals surface area contributed by atoms with Crippen LogP contribution in [0.1, 0.15) is 11.5 Å². The maximum Gasteiger partial charge on any atom is 0.201 e. The molecule has 3 aromatic rings. The molecule has 0 amide bonds. The number of aryl methyl sites for hydroxylation is 1. The minimum absolute atomic E-state index is 0.120. The second kappa shape index (κ2) is 6.00. The third kappa shape index (κ3) is 2.47. The number of aliphatic hydroxyl groups excluding tert-OH is 1. The molecule has 0 bridgehead atoms. The summed E-state index contributed by atoms with van der Waals surface area (Å²) in [6.07, 6.45) is 0. The van der Waals surface area contributed by atoms with Crippen LogP contribution in [-0.4, -0.2) is 5.11 Å². The van der Waals surface area contributed by atoms with E-state index in [0.717, 1.165) is 11.1 Å². The Bertz CT molecular complexity index is 834. The van der Waals surface area contributed by atoms with Gasteiger partial charge < -0.3 is 9.52 Å². The van der Waals surface area contributed by atoms with Crippen molar-refractivity contribution in [2.45, 2.75) is 13.5 Å². The molecule has 0 fully saturated rings. The van der Waals surface area contributed by atoms with Crippen LogP contribution in [0, 0.1) is 6.92 Å². The van der Waals surface area contributed by atoms with Gasteiger partial charge in [0.15, 0.2) is 0 Å². The van der Waals surface area contributed by atoms with Crippen LogP contribution in [0.15, 0.2) is 69.9 Å². The van der Waals surface area contributed by atoms with E-state index in [-0.39, 0.29) is 12.0 Å². The Hall–Kier alpha value is -2.65. The van der Waals surface area contributed by atoms with Crippen molar-refractivity contribution in [2.75, 3.05) is 0 Å². The van der Waals surface area contributed by atoms with E-state index < -0.39 is 0 Å². The van der Waals surface area contributed by atoms with Gasteiger partial charge in [0.25, 0.3) is 0 Å². The Kier molecular flexibility index (Phi) is 3.90. The summed E-state index contributed by atoms with van der Waals surface area (Å²) in [5.41, 5.74) is 2.40. The zero-order valence-corrected chi connectivity index (χ0v) is 12.2. The van der Waals surface area contributed by atoms with Crippen molar-refractivity contribution in [3.8, 4) is 22.3 Å². The highest BCUT2D eigenvalue weighted by atomic mass is 16.4. The van der Waals surface area contributed by atoms with E-state index in [9.17, 15) is 9.90 Å². The Morgan fingerprint density at radius 2 is 1.36 bits per heavy atom. The molecule has 0 aliphatic heterocycles. The fourth-order valence-electron chi connectivity index (χ4n) is 2.65. The third-order valence-electron chi connectivity index (χ3n) is 3.63. The molecule has 0 spiro atoms. The van der Waals surface area contributed by atoms with Crippen molar-refractivity contribution in [2.24, 2.45) is 0 Å². The summed E-state index contributed by atoms with van der Waals surface area (Å²) in [6.45, 7) is 1.44. The van der Waals surface area contributed by atoms with Crippen molar-refractivity contribution in [3.63, 3.8) is 0 Å². The molecule has 1 heterocycles. The van der Waals surface area contributed by atoms with Crippen LogP contribution < -0.4 is 5.43 Å². The summed E-state index contributed by atoms with van der Waals surface area (Å²) in [5, 5.41) is 9.56. The predicted molar refractivity (Wildman–Crippen MR) is 86.5 cm³/mol. The van der Waals surface area contributed by atoms with Crippen LogP contribution in [0.2, 0.25) is 0 Å². The van der Waals surface area contributed by atoms with Gasteiger partial charge in [-0.2, -0.15) is 0 Å². The summed E-state index contributed by atoms with van der Waals surface area (Å²) < 4.78 is 5.73. The Morgan fingerprint density at radius 1 is 0.864 bits per heavy atom. The van der Waals surface area contributed by atoms with Gasteiger partial charge >= 0.3 is 0 Å². The summed E-state index contributed by atoms with van der Waals surface area (Å²) in [6, 6.07) is 18.7. The monoisotopic (exact) mass is 292 g/mol. The second-order valence-electron chi connectivity index (χ2n) is 5.05. The largest absolute Gasteiger partial charge is 0.462 e. The van der Waals surface area contributed by atoms with E-state index in [4.69, 9.17) is 4.42 Å². The van der Waals surface area contributed by atoms with Crippen molar-refractivity contribution in [3.05, 3.63) is 82.4 Å². The molecule has 1 aromatic heterocycles. The highest BCUT2D eigenvalue weighted by Gasteiger charge is 2.19. The van der Waals surface area contributed by atoms with Gasteiger partial charge in [-0.15, -0.1) is 0 Å².